The molecule has 1 N–H and O–H groups in total. The van der Waals surface area contributed by atoms with Crippen molar-refractivity contribution in [3.63, 3.8) is 0 Å². The quantitative estimate of drug-likeness (QED) is 0.701. The summed E-state index contributed by atoms with van der Waals surface area (Å²) in [6.07, 6.45) is 3.60. The second-order valence-electron chi connectivity index (χ2n) is 3.96. The number of thioether (sulfide) groups is 1. The van der Waals surface area contributed by atoms with E-state index in [1.807, 2.05) is 23.9 Å². The van der Waals surface area contributed by atoms with Crippen molar-refractivity contribution in [2.24, 2.45) is 0 Å². The number of anilines is 1. The average Bonchev–Trinajstić information content (AvgIpc) is 2.35. The Morgan fingerprint density at radius 1 is 1.29 bits per heavy atom. The van der Waals surface area contributed by atoms with Gasteiger partial charge in [0.15, 0.2) is 0 Å². The van der Waals surface area contributed by atoms with Gasteiger partial charge in [-0.1, -0.05) is 31.9 Å². The minimum absolute atomic E-state index is 0.774. The van der Waals surface area contributed by atoms with E-state index >= 15 is 0 Å². The molecule has 0 unspecified atom stereocenters. The number of unbranched alkanes of at least 4 members (excludes halogenated alkanes) is 1. The minimum Gasteiger partial charge on any atom is -0.370 e. The highest BCUT2D eigenvalue weighted by Gasteiger charge is 2.03. The molecule has 0 aliphatic rings. The molecule has 17 heavy (non-hydrogen) atoms. The van der Waals surface area contributed by atoms with E-state index in [9.17, 15) is 0 Å². The number of nitrogens with one attached hydrogen (secondary N) is 1. The summed E-state index contributed by atoms with van der Waals surface area (Å²) in [7, 11) is 0. The first-order valence-corrected chi connectivity index (χ1v) is 7.78. The average molecular weight is 273 g/mol. The van der Waals surface area contributed by atoms with E-state index in [2.05, 4.69) is 24.1 Å². The van der Waals surface area contributed by atoms with Crippen LogP contribution in [0.1, 0.15) is 38.8 Å². The number of hydrogen-bond donors (Lipinski definition) is 1. The first-order chi connectivity index (χ1) is 8.27. The van der Waals surface area contributed by atoms with Crippen molar-refractivity contribution in [3.05, 3.63) is 22.8 Å². The molecular formula is C13H21ClN2S. The summed E-state index contributed by atoms with van der Waals surface area (Å²) in [6, 6.07) is 3.88. The van der Waals surface area contributed by atoms with Gasteiger partial charge in [-0.25, -0.2) is 4.98 Å². The predicted molar refractivity (Wildman–Crippen MR) is 79.1 cm³/mol. The zero-order valence-electron chi connectivity index (χ0n) is 10.6. The third kappa shape index (κ3) is 5.64. The van der Waals surface area contributed by atoms with E-state index < -0.39 is 0 Å². The normalized spacial score (nSPS) is 10.5. The molecule has 0 aliphatic carbocycles. The van der Waals surface area contributed by atoms with Gasteiger partial charge >= 0.3 is 0 Å². The van der Waals surface area contributed by atoms with E-state index in [0.717, 1.165) is 35.3 Å². The monoisotopic (exact) mass is 272 g/mol. The first-order valence-electron chi connectivity index (χ1n) is 6.25. The van der Waals surface area contributed by atoms with Crippen LogP contribution in [0.5, 0.6) is 0 Å². The third-order valence-corrected chi connectivity index (χ3v) is 3.75. The van der Waals surface area contributed by atoms with Crippen molar-refractivity contribution in [1.29, 1.82) is 0 Å². The Balaban J connectivity index is 2.50. The smallest absolute Gasteiger partial charge is 0.126 e. The second-order valence-corrected chi connectivity index (χ2v) is 5.47. The summed E-state index contributed by atoms with van der Waals surface area (Å²) >= 11 is 8.04. The van der Waals surface area contributed by atoms with Gasteiger partial charge in [0, 0.05) is 12.3 Å². The van der Waals surface area contributed by atoms with Crippen molar-refractivity contribution in [3.8, 4) is 0 Å². The number of rotatable bonds is 8. The van der Waals surface area contributed by atoms with Gasteiger partial charge in [-0.2, -0.15) is 11.8 Å². The topological polar surface area (TPSA) is 24.9 Å². The SMILES string of the molecule is CCCCSCc1nc(NCCC)ccc1Cl. The molecule has 0 aromatic carbocycles. The van der Waals surface area contributed by atoms with Crippen LogP contribution in [-0.2, 0) is 5.75 Å². The lowest BCUT2D eigenvalue weighted by atomic mass is 10.3. The fourth-order valence-corrected chi connectivity index (χ4v) is 2.65. The maximum absolute atomic E-state index is 6.14. The molecule has 1 aromatic heterocycles. The molecule has 0 fully saturated rings. The summed E-state index contributed by atoms with van der Waals surface area (Å²) in [5, 5.41) is 4.06. The fraction of sp³-hybridized carbons (Fsp3) is 0.615. The summed E-state index contributed by atoms with van der Waals surface area (Å²) < 4.78 is 0. The van der Waals surface area contributed by atoms with Crippen LogP contribution >= 0.6 is 23.4 Å². The van der Waals surface area contributed by atoms with Crippen molar-refractivity contribution < 1.29 is 0 Å². The molecule has 96 valence electrons. The van der Waals surface area contributed by atoms with Crippen molar-refractivity contribution in [2.45, 2.75) is 38.9 Å². The highest BCUT2D eigenvalue weighted by Crippen LogP contribution is 2.22. The van der Waals surface area contributed by atoms with Crippen molar-refractivity contribution in [2.75, 3.05) is 17.6 Å². The van der Waals surface area contributed by atoms with Crippen LogP contribution < -0.4 is 5.32 Å². The van der Waals surface area contributed by atoms with E-state index in [1.165, 1.54) is 18.6 Å². The van der Waals surface area contributed by atoms with E-state index in [0.29, 0.717) is 0 Å². The molecule has 0 aliphatic heterocycles. The molecule has 1 rings (SSSR count). The predicted octanol–water partition coefficient (Wildman–Crippen LogP) is 4.59. The Kier molecular flexibility index (Phi) is 7.45. The van der Waals surface area contributed by atoms with Crippen LogP contribution in [0.3, 0.4) is 0 Å². The lowest BCUT2D eigenvalue weighted by Gasteiger charge is -2.08. The number of pyridine rings is 1. The molecule has 0 saturated heterocycles. The molecule has 2 nitrogen and oxygen atoms in total. The Hall–Kier alpha value is -0.410. The Bertz CT molecular complexity index is 331. The summed E-state index contributed by atoms with van der Waals surface area (Å²) in [5.74, 6) is 3.02. The van der Waals surface area contributed by atoms with Gasteiger partial charge < -0.3 is 5.32 Å². The van der Waals surface area contributed by atoms with Gasteiger partial charge in [-0.05, 0) is 30.7 Å². The fourth-order valence-electron chi connectivity index (χ4n) is 1.35. The molecule has 0 amide bonds. The molecule has 1 heterocycles. The molecular weight excluding hydrogens is 252 g/mol. The van der Waals surface area contributed by atoms with Crippen molar-refractivity contribution >= 4 is 29.2 Å². The molecule has 4 heteroatoms. The summed E-state index contributed by atoms with van der Waals surface area (Å²) in [4.78, 5) is 4.54. The van der Waals surface area contributed by atoms with Gasteiger partial charge in [0.25, 0.3) is 0 Å². The summed E-state index contributed by atoms with van der Waals surface area (Å²) in [5.41, 5.74) is 0.994. The van der Waals surface area contributed by atoms with E-state index in [-0.39, 0.29) is 0 Å². The van der Waals surface area contributed by atoms with Crippen molar-refractivity contribution in [1.82, 2.24) is 4.98 Å². The van der Waals surface area contributed by atoms with E-state index in [4.69, 9.17) is 11.6 Å². The molecule has 0 radical (unpaired) electrons. The Morgan fingerprint density at radius 2 is 2.12 bits per heavy atom. The van der Waals surface area contributed by atoms with Crippen LogP contribution in [0, 0.1) is 0 Å². The Morgan fingerprint density at radius 3 is 2.82 bits per heavy atom. The van der Waals surface area contributed by atoms with Crippen LogP contribution in [0.25, 0.3) is 0 Å². The number of aromatic nitrogens is 1. The van der Waals surface area contributed by atoms with E-state index in [1.54, 1.807) is 0 Å². The van der Waals surface area contributed by atoms with Crippen LogP contribution in [0.4, 0.5) is 5.82 Å². The lowest BCUT2D eigenvalue weighted by molar-refractivity contribution is 0.895. The lowest BCUT2D eigenvalue weighted by Crippen LogP contribution is -2.03. The van der Waals surface area contributed by atoms with Gasteiger partial charge in [0.1, 0.15) is 5.82 Å². The van der Waals surface area contributed by atoms with Crippen LogP contribution in [0.2, 0.25) is 5.02 Å². The number of hydrogen-bond acceptors (Lipinski definition) is 3. The van der Waals surface area contributed by atoms with Gasteiger partial charge in [0.05, 0.1) is 10.7 Å². The third-order valence-electron chi connectivity index (χ3n) is 2.36. The largest absolute Gasteiger partial charge is 0.370 e. The maximum Gasteiger partial charge on any atom is 0.126 e. The zero-order chi connectivity index (χ0) is 12.5. The molecule has 0 saturated carbocycles. The second kappa shape index (κ2) is 8.65. The van der Waals surface area contributed by atoms with Gasteiger partial charge in [-0.15, -0.1) is 0 Å². The minimum atomic E-state index is 0.774. The highest BCUT2D eigenvalue weighted by molar-refractivity contribution is 7.98. The zero-order valence-corrected chi connectivity index (χ0v) is 12.2. The molecule has 0 bridgehead atoms. The molecule has 0 atom stereocenters. The van der Waals surface area contributed by atoms with Crippen LogP contribution in [-0.4, -0.2) is 17.3 Å². The van der Waals surface area contributed by atoms with Gasteiger partial charge in [0.2, 0.25) is 0 Å². The summed E-state index contributed by atoms with van der Waals surface area (Å²) in [6.45, 7) is 5.31. The molecule has 0 spiro atoms. The number of halogens is 1. The first kappa shape index (κ1) is 14.7. The Labute approximate surface area is 114 Å². The molecule has 1 aromatic rings. The maximum atomic E-state index is 6.14. The van der Waals surface area contributed by atoms with Gasteiger partial charge in [-0.3, -0.25) is 0 Å². The highest BCUT2D eigenvalue weighted by atomic mass is 35.5. The standard InChI is InChI=1S/C13H21ClN2S/c1-3-5-9-17-10-12-11(14)6-7-13(16-12)15-8-4-2/h6-7H,3-5,8-10H2,1-2H3,(H,15,16). The van der Waals surface area contributed by atoms with Crippen LogP contribution in [0.15, 0.2) is 12.1 Å². The number of nitrogens with zero attached hydrogens (tertiary/aromatic N) is 1.